The summed E-state index contributed by atoms with van der Waals surface area (Å²) in [6.07, 6.45) is 1.39. The van der Waals surface area contributed by atoms with Crippen molar-refractivity contribution in [1.82, 2.24) is 4.37 Å². The summed E-state index contributed by atoms with van der Waals surface area (Å²) in [6.45, 7) is 0. The zero-order chi connectivity index (χ0) is 7.56. The van der Waals surface area contributed by atoms with Crippen LogP contribution in [0.4, 0.5) is 0 Å². The van der Waals surface area contributed by atoms with Crippen molar-refractivity contribution in [3.63, 3.8) is 0 Å². The lowest BCUT2D eigenvalue weighted by molar-refractivity contribution is -0.131. The Morgan fingerprint density at radius 2 is 2.30 bits per heavy atom. The number of Topliss-reactive ketones (excluding diaryl/α,β-unsaturated/α-hetero) is 1. The smallest absolute Gasteiger partial charge is 0.378 e. The molecule has 0 aliphatic rings. The highest BCUT2D eigenvalue weighted by Gasteiger charge is 2.15. The first-order chi connectivity index (χ1) is 4.72. The molecule has 0 aromatic carbocycles. The number of carboxylic acids is 1. The molecule has 0 saturated carbocycles. The Morgan fingerprint density at radius 1 is 1.60 bits per heavy atom. The lowest BCUT2D eigenvalue weighted by Crippen LogP contribution is -2.10. The Labute approximate surface area is 60.3 Å². The van der Waals surface area contributed by atoms with E-state index in [0.717, 1.165) is 11.5 Å². The summed E-state index contributed by atoms with van der Waals surface area (Å²) in [7, 11) is 0. The van der Waals surface area contributed by atoms with E-state index in [0.29, 0.717) is 0 Å². The Hall–Kier alpha value is -1.23. The lowest BCUT2D eigenvalue weighted by atomic mass is 10.3. The highest BCUT2D eigenvalue weighted by Crippen LogP contribution is 2.04. The first kappa shape index (κ1) is 6.88. The van der Waals surface area contributed by atoms with Crippen LogP contribution in [-0.4, -0.2) is 21.2 Å². The van der Waals surface area contributed by atoms with E-state index in [4.69, 9.17) is 5.11 Å². The summed E-state index contributed by atoms with van der Waals surface area (Å²) in [5, 5.41) is 8.18. The van der Waals surface area contributed by atoms with E-state index < -0.39 is 11.8 Å². The van der Waals surface area contributed by atoms with Gasteiger partial charge in [-0.15, -0.1) is 0 Å². The maximum Gasteiger partial charge on any atom is 0.378 e. The summed E-state index contributed by atoms with van der Waals surface area (Å²) >= 11 is 0.879. The predicted octanol–water partition coefficient (Wildman–Crippen LogP) is 0.410. The van der Waals surface area contributed by atoms with Gasteiger partial charge in [0, 0.05) is 6.20 Å². The molecule has 52 valence electrons. The van der Waals surface area contributed by atoms with Crippen LogP contribution in [0.1, 0.15) is 9.67 Å². The minimum Gasteiger partial charge on any atom is -0.475 e. The largest absolute Gasteiger partial charge is 0.475 e. The molecule has 0 unspecified atom stereocenters. The van der Waals surface area contributed by atoms with Crippen molar-refractivity contribution in [3.05, 3.63) is 17.1 Å². The van der Waals surface area contributed by atoms with Gasteiger partial charge in [0.15, 0.2) is 0 Å². The first-order valence-electron chi connectivity index (χ1n) is 2.40. The summed E-state index contributed by atoms with van der Waals surface area (Å²) in [4.78, 5) is 20.8. The molecule has 4 nitrogen and oxygen atoms in total. The Kier molecular flexibility index (Phi) is 1.77. The van der Waals surface area contributed by atoms with Crippen molar-refractivity contribution in [2.45, 2.75) is 0 Å². The summed E-state index contributed by atoms with van der Waals surface area (Å²) < 4.78 is 3.58. The molecular weight excluding hydrogens is 154 g/mol. The SMILES string of the molecule is O=C(O)C(=O)c1ccns1. The van der Waals surface area contributed by atoms with Gasteiger partial charge in [-0.1, -0.05) is 0 Å². The Balaban J connectivity index is 2.88. The van der Waals surface area contributed by atoms with Crippen LogP contribution in [-0.2, 0) is 4.79 Å². The normalized spacial score (nSPS) is 9.20. The topological polar surface area (TPSA) is 67.3 Å². The summed E-state index contributed by atoms with van der Waals surface area (Å²) in [6, 6.07) is 1.38. The molecule has 0 spiro atoms. The molecule has 0 aliphatic carbocycles. The van der Waals surface area contributed by atoms with Gasteiger partial charge in [-0.3, -0.25) is 4.79 Å². The molecule has 1 N–H and O–H groups in total. The van der Waals surface area contributed by atoms with Crippen molar-refractivity contribution in [1.29, 1.82) is 0 Å². The van der Waals surface area contributed by atoms with E-state index in [1.807, 2.05) is 0 Å². The number of aliphatic carboxylic acids is 1. The maximum absolute atomic E-state index is 10.6. The summed E-state index contributed by atoms with van der Waals surface area (Å²) in [5.74, 6) is -2.34. The van der Waals surface area contributed by atoms with Gasteiger partial charge in [0.2, 0.25) is 0 Å². The average molecular weight is 157 g/mol. The van der Waals surface area contributed by atoms with Crippen LogP contribution in [0.5, 0.6) is 0 Å². The number of hydrogen-bond acceptors (Lipinski definition) is 4. The number of hydrogen-bond donors (Lipinski definition) is 1. The Morgan fingerprint density at radius 3 is 2.70 bits per heavy atom. The predicted molar refractivity (Wildman–Crippen MR) is 34.1 cm³/mol. The zero-order valence-electron chi connectivity index (χ0n) is 4.77. The molecule has 1 aromatic heterocycles. The van der Waals surface area contributed by atoms with Crippen LogP contribution >= 0.6 is 11.5 Å². The molecule has 0 amide bonds. The number of aromatic nitrogens is 1. The van der Waals surface area contributed by atoms with Gasteiger partial charge in [0.1, 0.15) is 4.88 Å². The quantitative estimate of drug-likeness (QED) is 0.498. The van der Waals surface area contributed by atoms with Crippen LogP contribution in [0.3, 0.4) is 0 Å². The fraction of sp³-hybridized carbons (Fsp3) is 0. The van der Waals surface area contributed by atoms with Gasteiger partial charge in [-0.2, -0.15) is 0 Å². The molecule has 0 fully saturated rings. The second-order valence-corrected chi connectivity index (χ2v) is 2.34. The number of carbonyl (C=O) groups excluding carboxylic acids is 1. The first-order valence-corrected chi connectivity index (χ1v) is 3.17. The molecular formula is C5H3NO3S. The van der Waals surface area contributed by atoms with E-state index >= 15 is 0 Å². The maximum atomic E-state index is 10.6. The molecule has 0 saturated heterocycles. The van der Waals surface area contributed by atoms with Crippen LogP contribution < -0.4 is 0 Å². The molecule has 0 radical (unpaired) electrons. The summed E-state index contributed by atoms with van der Waals surface area (Å²) in [5.41, 5.74) is 0. The van der Waals surface area contributed by atoms with Gasteiger partial charge >= 0.3 is 5.97 Å². The van der Waals surface area contributed by atoms with Crippen LogP contribution in [0, 0.1) is 0 Å². The fourth-order valence-corrected chi connectivity index (χ4v) is 0.966. The zero-order valence-corrected chi connectivity index (χ0v) is 5.59. The molecule has 0 aliphatic heterocycles. The molecule has 0 bridgehead atoms. The van der Waals surface area contributed by atoms with E-state index in [2.05, 4.69) is 4.37 Å². The number of carbonyl (C=O) groups is 2. The van der Waals surface area contributed by atoms with Crippen molar-refractivity contribution in [2.24, 2.45) is 0 Å². The van der Waals surface area contributed by atoms with Crippen molar-refractivity contribution in [2.75, 3.05) is 0 Å². The van der Waals surface area contributed by atoms with Crippen LogP contribution in [0.2, 0.25) is 0 Å². The van der Waals surface area contributed by atoms with Gasteiger partial charge in [-0.05, 0) is 17.6 Å². The van der Waals surface area contributed by atoms with Crippen molar-refractivity contribution in [3.8, 4) is 0 Å². The molecule has 1 heterocycles. The Bertz CT molecular complexity index is 254. The molecule has 1 aromatic rings. The van der Waals surface area contributed by atoms with E-state index in [1.54, 1.807) is 0 Å². The number of rotatable bonds is 2. The molecule has 10 heavy (non-hydrogen) atoms. The average Bonchev–Trinajstić information content (AvgIpc) is 2.36. The van der Waals surface area contributed by atoms with Crippen LogP contribution in [0.15, 0.2) is 12.3 Å². The van der Waals surface area contributed by atoms with Crippen molar-refractivity contribution >= 4 is 23.3 Å². The third kappa shape index (κ3) is 1.19. The highest BCUT2D eigenvalue weighted by atomic mass is 32.1. The van der Waals surface area contributed by atoms with Gasteiger partial charge in [0.25, 0.3) is 5.78 Å². The minimum atomic E-state index is -1.44. The second kappa shape index (κ2) is 2.57. The van der Waals surface area contributed by atoms with E-state index in [-0.39, 0.29) is 4.88 Å². The number of nitrogens with zero attached hydrogens (tertiary/aromatic N) is 1. The number of ketones is 1. The van der Waals surface area contributed by atoms with Gasteiger partial charge in [-0.25, -0.2) is 9.17 Å². The van der Waals surface area contributed by atoms with Crippen molar-refractivity contribution < 1.29 is 14.7 Å². The molecule has 5 heteroatoms. The molecule has 1 rings (SSSR count). The minimum absolute atomic E-state index is 0.160. The molecule has 0 atom stereocenters. The van der Waals surface area contributed by atoms with E-state index in [1.165, 1.54) is 12.3 Å². The van der Waals surface area contributed by atoms with Gasteiger partial charge < -0.3 is 5.11 Å². The standard InChI is InChI=1S/C5H3NO3S/c7-4(5(8)9)3-1-2-6-10-3/h1-2H,(H,8,9). The number of carboxylic acid groups (broad SMARTS) is 1. The third-order valence-corrected chi connectivity index (χ3v) is 1.60. The second-order valence-electron chi connectivity index (χ2n) is 1.51. The van der Waals surface area contributed by atoms with Crippen LogP contribution in [0.25, 0.3) is 0 Å². The third-order valence-electron chi connectivity index (χ3n) is 0.856. The van der Waals surface area contributed by atoms with Gasteiger partial charge in [0.05, 0.1) is 0 Å². The fourth-order valence-electron chi connectivity index (χ4n) is 0.438. The lowest BCUT2D eigenvalue weighted by Gasteiger charge is -1.83. The monoisotopic (exact) mass is 157 g/mol. The van der Waals surface area contributed by atoms with E-state index in [9.17, 15) is 9.59 Å². The highest BCUT2D eigenvalue weighted by molar-refractivity contribution is 7.09.